The molecular formula is C12H19NO2S. The van der Waals surface area contributed by atoms with Crippen molar-refractivity contribution in [2.24, 2.45) is 0 Å². The summed E-state index contributed by atoms with van der Waals surface area (Å²) in [5.74, 6) is 2.56. The number of benzene rings is 1. The van der Waals surface area contributed by atoms with E-state index in [1.807, 2.05) is 13.1 Å². The van der Waals surface area contributed by atoms with Crippen molar-refractivity contribution in [3.63, 3.8) is 0 Å². The topological polar surface area (TPSA) is 41.5 Å². The predicted molar refractivity (Wildman–Crippen MR) is 69.0 cm³/mol. The van der Waals surface area contributed by atoms with Gasteiger partial charge in [-0.25, -0.2) is 0 Å². The Morgan fingerprint density at radius 2 is 2.25 bits per heavy atom. The summed E-state index contributed by atoms with van der Waals surface area (Å²) in [6, 6.07) is 6.22. The van der Waals surface area contributed by atoms with Crippen LogP contribution in [0.5, 0.6) is 5.75 Å². The van der Waals surface area contributed by atoms with Crippen LogP contribution < -0.4 is 10.1 Å². The maximum Gasteiger partial charge on any atom is 0.122 e. The molecule has 4 heteroatoms. The van der Waals surface area contributed by atoms with Gasteiger partial charge in [0.05, 0.1) is 13.7 Å². The van der Waals surface area contributed by atoms with E-state index in [1.165, 1.54) is 11.1 Å². The van der Waals surface area contributed by atoms with Gasteiger partial charge in [-0.05, 0) is 24.7 Å². The molecule has 0 aliphatic carbocycles. The fourth-order valence-corrected chi connectivity index (χ4v) is 2.22. The normalized spacial score (nSPS) is 10.4. The molecule has 3 nitrogen and oxygen atoms in total. The Kier molecular flexibility index (Phi) is 6.30. The van der Waals surface area contributed by atoms with Crippen molar-refractivity contribution in [2.45, 2.75) is 12.3 Å². The molecule has 90 valence electrons. The van der Waals surface area contributed by atoms with Crippen LogP contribution >= 0.6 is 11.8 Å². The van der Waals surface area contributed by atoms with Crippen molar-refractivity contribution in [3.8, 4) is 5.75 Å². The zero-order valence-electron chi connectivity index (χ0n) is 9.82. The van der Waals surface area contributed by atoms with Crippen molar-refractivity contribution in [1.82, 2.24) is 5.32 Å². The Balaban J connectivity index is 2.72. The molecule has 0 radical (unpaired) electrons. The summed E-state index contributed by atoms with van der Waals surface area (Å²) >= 11 is 1.71. The van der Waals surface area contributed by atoms with Crippen LogP contribution in [0.3, 0.4) is 0 Å². The molecule has 1 rings (SSSR count). The van der Waals surface area contributed by atoms with Gasteiger partial charge in [-0.3, -0.25) is 0 Å². The van der Waals surface area contributed by atoms with Gasteiger partial charge in [0.1, 0.15) is 5.75 Å². The number of ether oxygens (including phenoxy) is 1. The third kappa shape index (κ3) is 4.04. The fourth-order valence-electron chi connectivity index (χ4n) is 1.51. The first-order valence-electron chi connectivity index (χ1n) is 5.30. The minimum Gasteiger partial charge on any atom is -0.496 e. The van der Waals surface area contributed by atoms with Gasteiger partial charge in [-0.2, -0.15) is 11.8 Å². The summed E-state index contributed by atoms with van der Waals surface area (Å²) in [5.41, 5.74) is 2.44. The number of nitrogens with one attached hydrogen (secondary N) is 1. The second-order valence-electron chi connectivity index (χ2n) is 3.45. The number of methoxy groups -OCH3 is 1. The molecule has 16 heavy (non-hydrogen) atoms. The molecule has 0 bridgehead atoms. The third-order valence-corrected chi connectivity index (χ3v) is 3.21. The molecule has 0 heterocycles. The molecule has 0 unspecified atom stereocenters. The Morgan fingerprint density at radius 1 is 1.44 bits per heavy atom. The highest BCUT2D eigenvalue weighted by Crippen LogP contribution is 2.24. The number of hydrogen-bond donors (Lipinski definition) is 2. The first-order valence-corrected chi connectivity index (χ1v) is 6.46. The molecule has 0 aromatic heterocycles. The van der Waals surface area contributed by atoms with Gasteiger partial charge in [0, 0.05) is 23.6 Å². The zero-order valence-corrected chi connectivity index (χ0v) is 10.6. The summed E-state index contributed by atoms with van der Waals surface area (Å²) < 4.78 is 5.31. The molecule has 0 amide bonds. The minimum atomic E-state index is 0.225. The van der Waals surface area contributed by atoms with Crippen LogP contribution in [0.4, 0.5) is 0 Å². The van der Waals surface area contributed by atoms with E-state index in [0.717, 1.165) is 23.8 Å². The number of aliphatic hydroxyl groups excluding tert-OH is 1. The lowest BCUT2D eigenvalue weighted by Gasteiger charge is -2.10. The lowest BCUT2D eigenvalue weighted by molar-refractivity contribution is 0.322. The van der Waals surface area contributed by atoms with Gasteiger partial charge in [0.2, 0.25) is 0 Å². The third-order valence-electron chi connectivity index (χ3n) is 2.22. The summed E-state index contributed by atoms with van der Waals surface area (Å²) in [6.45, 7) is 1.09. The van der Waals surface area contributed by atoms with E-state index in [9.17, 15) is 0 Å². The predicted octanol–water partition coefficient (Wildman–Crippen LogP) is 1.64. The van der Waals surface area contributed by atoms with Crippen molar-refractivity contribution in [2.75, 3.05) is 26.5 Å². The lowest BCUT2D eigenvalue weighted by Crippen LogP contribution is -2.05. The van der Waals surface area contributed by atoms with E-state index in [-0.39, 0.29) is 6.61 Å². The number of hydrogen-bond acceptors (Lipinski definition) is 4. The van der Waals surface area contributed by atoms with Crippen LogP contribution in [0.25, 0.3) is 0 Å². The molecule has 0 saturated heterocycles. The van der Waals surface area contributed by atoms with Crippen LogP contribution in [-0.2, 0) is 12.3 Å². The summed E-state index contributed by atoms with van der Waals surface area (Å²) in [4.78, 5) is 0. The molecule has 0 saturated carbocycles. The standard InChI is InChI=1S/C12H19NO2S/c1-13-8-10-3-4-12(15-2)11(7-10)9-16-6-5-14/h3-4,7,13-14H,5-6,8-9H2,1-2H3. The molecule has 0 fully saturated rings. The van der Waals surface area contributed by atoms with E-state index in [1.54, 1.807) is 18.9 Å². The Labute approximate surface area is 101 Å². The molecule has 0 atom stereocenters. The van der Waals surface area contributed by atoms with Crippen molar-refractivity contribution in [3.05, 3.63) is 29.3 Å². The fraction of sp³-hybridized carbons (Fsp3) is 0.500. The average molecular weight is 241 g/mol. The number of aliphatic hydroxyl groups is 1. The first-order chi connectivity index (χ1) is 7.81. The van der Waals surface area contributed by atoms with Crippen LogP contribution in [0, 0.1) is 0 Å². The van der Waals surface area contributed by atoms with Gasteiger partial charge in [0.25, 0.3) is 0 Å². The lowest BCUT2D eigenvalue weighted by atomic mass is 10.1. The zero-order chi connectivity index (χ0) is 11.8. The quantitative estimate of drug-likeness (QED) is 0.712. The van der Waals surface area contributed by atoms with E-state index in [2.05, 4.69) is 17.4 Å². The molecular weight excluding hydrogens is 222 g/mol. The number of rotatable bonds is 7. The van der Waals surface area contributed by atoms with Gasteiger partial charge < -0.3 is 15.2 Å². The maximum atomic E-state index is 8.75. The largest absolute Gasteiger partial charge is 0.496 e. The minimum absolute atomic E-state index is 0.225. The molecule has 1 aromatic carbocycles. The SMILES string of the molecule is CNCc1ccc(OC)c(CSCCO)c1. The van der Waals surface area contributed by atoms with Gasteiger partial charge in [0.15, 0.2) is 0 Å². The molecule has 0 aliphatic heterocycles. The second kappa shape index (κ2) is 7.54. The van der Waals surface area contributed by atoms with Gasteiger partial charge in [-0.15, -0.1) is 0 Å². The number of thioether (sulfide) groups is 1. The highest BCUT2D eigenvalue weighted by atomic mass is 32.2. The second-order valence-corrected chi connectivity index (χ2v) is 4.56. The summed E-state index contributed by atoms with van der Waals surface area (Å²) in [6.07, 6.45) is 0. The van der Waals surface area contributed by atoms with E-state index < -0.39 is 0 Å². The first kappa shape index (κ1) is 13.4. The maximum absolute atomic E-state index is 8.75. The summed E-state index contributed by atoms with van der Waals surface area (Å²) in [5, 5.41) is 11.9. The van der Waals surface area contributed by atoms with Crippen LogP contribution in [0.15, 0.2) is 18.2 Å². The van der Waals surface area contributed by atoms with Crippen molar-refractivity contribution in [1.29, 1.82) is 0 Å². The molecule has 2 N–H and O–H groups in total. The average Bonchev–Trinajstić information content (AvgIpc) is 2.30. The Bertz CT molecular complexity index is 318. The van der Waals surface area contributed by atoms with Crippen molar-refractivity contribution < 1.29 is 9.84 Å². The molecule has 0 spiro atoms. The Hall–Kier alpha value is -0.710. The van der Waals surface area contributed by atoms with Crippen LogP contribution in [0.1, 0.15) is 11.1 Å². The Morgan fingerprint density at radius 3 is 2.88 bits per heavy atom. The van der Waals surface area contributed by atoms with Crippen LogP contribution in [0.2, 0.25) is 0 Å². The van der Waals surface area contributed by atoms with Gasteiger partial charge in [-0.1, -0.05) is 6.07 Å². The van der Waals surface area contributed by atoms with Crippen molar-refractivity contribution >= 4 is 11.8 Å². The van der Waals surface area contributed by atoms with Crippen LogP contribution in [-0.4, -0.2) is 31.6 Å². The molecule has 1 aromatic rings. The van der Waals surface area contributed by atoms with E-state index >= 15 is 0 Å². The molecule has 0 aliphatic rings. The van der Waals surface area contributed by atoms with Gasteiger partial charge >= 0.3 is 0 Å². The highest BCUT2D eigenvalue weighted by molar-refractivity contribution is 7.98. The smallest absolute Gasteiger partial charge is 0.122 e. The summed E-state index contributed by atoms with van der Waals surface area (Å²) in [7, 11) is 3.62. The van der Waals surface area contributed by atoms with E-state index in [0.29, 0.717) is 0 Å². The van der Waals surface area contributed by atoms with E-state index in [4.69, 9.17) is 9.84 Å². The highest BCUT2D eigenvalue weighted by Gasteiger charge is 2.04. The monoisotopic (exact) mass is 241 g/mol.